The van der Waals surface area contributed by atoms with Gasteiger partial charge in [0.2, 0.25) is 0 Å². The van der Waals surface area contributed by atoms with Crippen molar-refractivity contribution in [3.05, 3.63) is 170 Å². The Hall–Kier alpha value is -6.78. The van der Waals surface area contributed by atoms with Gasteiger partial charge in [0, 0.05) is 38.3 Å². The zero-order valence-corrected chi connectivity index (χ0v) is 27.0. The maximum absolute atomic E-state index is 2.54. The van der Waals surface area contributed by atoms with E-state index < -0.39 is 0 Å². The number of hydrogen-bond donors (Lipinski definition) is 0. The SMILES string of the molecule is c1ccc(-n2c3ccccc3n(-c3ccccc3)c3cc4c(cc32)n2c3ccccc3c3ccc5ccc6c7ccccc7n4c6c5c32)cc1. The van der Waals surface area contributed by atoms with Crippen molar-refractivity contribution in [2.45, 2.75) is 0 Å². The van der Waals surface area contributed by atoms with Crippen molar-refractivity contribution in [1.29, 1.82) is 0 Å². The summed E-state index contributed by atoms with van der Waals surface area (Å²) < 4.78 is 9.96. The highest BCUT2D eigenvalue weighted by Gasteiger charge is 2.23. The molecular formula is C46H28N4. The quantitative estimate of drug-likeness (QED) is 0.168. The Bertz CT molecular complexity index is 3130. The highest BCUT2D eigenvalue weighted by Crippen LogP contribution is 2.44. The van der Waals surface area contributed by atoms with E-state index in [9.17, 15) is 0 Å². The van der Waals surface area contributed by atoms with Crippen LogP contribution in [0.2, 0.25) is 0 Å². The fourth-order valence-electron chi connectivity index (χ4n) is 8.90. The highest BCUT2D eigenvalue weighted by molar-refractivity contribution is 6.29. The zero-order valence-electron chi connectivity index (χ0n) is 27.0. The molecule has 4 aromatic heterocycles. The van der Waals surface area contributed by atoms with Crippen LogP contribution in [0.3, 0.4) is 0 Å². The summed E-state index contributed by atoms with van der Waals surface area (Å²) in [6, 6.07) is 62.3. The van der Waals surface area contributed by atoms with E-state index in [4.69, 9.17) is 0 Å². The topological polar surface area (TPSA) is 18.7 Å². The predicted molar refractivity (Wildman–Crippen MR) is 210 cm³/mol. The Kier molecular flexibility index (Phi) is 4.94. The molecule has 12 aromatic rings. The van der Waals surface area contributed by atoms with Gasteiger partial charge in [0.1, 0.15) is 0 Å². The van der Waals surface area contributed by atoms with Crippen LogP contribution in [0.5, 0.6) is 0 Å². The summed E-state index contributed by atoms with van der Waals surface area (Å²) in [5.41, 5.74) is 14.1. The van der Waals surface area contributed by atoms with E-state index in [1.54, 1.807) is 0 Å². The van der Waals surface area contributed by atoms with Gasteiger partial charge < -0.3 is 17.9 Å². The molecule has 0 saturated heterocycles. The summed E-state index contributed by atoms with van der Waals surface area (Å²) in [4.78, 5) is 0. The number of benzene rings is 8. The van der Waals surface area contributed by atoms with Gasteiger partial charge in [-0.05, 0) is 66.0 Å². The summed E-state index contributed by atoms with van der Waals surface area (Å²) in [7, 11) is 0. The molecule has 0 aliphatic carbocycles. The summed E-state index contributed by atoms with van der Waals surface area (Å²) in [6.45, 7) is 0. The number of fused-ring (bicyclic) bond motifs is 11. The van der Waals surface area contributed by atoms with Gasteiger partial charge in [-0.1, -0.05) is 109 Å². The van der Waals surface area contributed by atoms with Gasteiger partial charge in [0.05, 0.1) is 55.2 Å². The molecule has 0 radical (unpaired) electrons. The molecule has 8 aromatic carbocycles. The summed E-state index contributed by atoms with van der Waals surface area (Å²) >= 11 is 0. The molecule has 0 amide bonds. The predicted octanol–water partition coefficient (Wildman–Crippen LogP) is 11.8. The summed E-state index contributed by atoms with van der Waals surface area (Å²) in [5, 5.41) is 7.64. The molecule has 0 unspecified atom stereocenters. The monoisotopic (exact) mass is 636 g/mol. The van der Waals surface area contributed by atoms with Gasteiger partial charge in [0.25, 0.3) is 0 Å². The molecule has 50 heavy (non-hydrogen) atoms. The van der Waals surface area contributed by atoms with Gasteiger partial charge in [-0.15, -0.1) is 0 Å². The van der Waals surface area contributed by atoms with Crippen molar-refractivity contribution in [3.8, 4) is 11.4 Å². The minimum absolute atomic E-state index is 1.13. The molecule has 0 bridgehead atoms. The number of hydrogen-bond acceptors (Lipinski definition) is 0. The smallest absolute Gasteiger partial charge is 0.0725 e. The van der Waals surface area contributed by atoms with Crippen LogP contribution in [0.15, 0.2) is 170 Å². The summed E-state index contributed by atoms with van der Waals surface area (Å²) in [5.74, 6) is 0. The van der Waals surface area contributed by atoms with E-state index in [1.807, 2.05) is 0 Å². The molecule has 0 aliphatic heterocycles. The van der Waals surface area contributed by atoms with Gasteiger partial charge in [0.15, 0.2) is 0 Å². The second kappa shape index (κ2) is 9.43. The van der Waals surface area contributed by atoms with E-state index in [1.165, 1.54) is 54.4 Å². The minimum atomic E-state index is 1.13. The second-order valence-corrected chi connectivity index (χ2v) is 13.4. The third-order valence-electron chi connectivity index (χ3n) is 10.9. The maximum atomic E-state index is 2.54. The highest BCUT2D eigenvalue weighted by atomic mass is 15.1. The first-order chi connectivity index (χ1) is 24.8. The minimum Gasteiger partial charge on any atom is -0.306 e. The molecule has 0 spiro atoms. The van der Waals surface area contributed by atoms with E-state index >= 15 is 0 Å². The first kappa shape index (κ1) is 26.2. The Morgan fingerprint density at radius 1 is 0.280 bits per heavy atom. The Morgan fingerprint density at radius 3 is 1.14 bits per heavy atom. The Labute approximate surface area is 285 Å². The average molecular weight is 637 g/mol. The first-order valence-corrected chi connectivity index (χ1v) is 17.2. The lowest BCUT2D eigenvalue weighted by Crippen LogP contribution is -2.08. The van der Waals surface area contributed by atoms with E-state index in [-0.39, 0.29) is 0 Å². The fraction of sp³-hybridized carbons (Fsp3) is 0. The third-order valence-corrected chi connectivity index (χ3v) is 10.9. The Morgan fingerprint density at radius 2 is 0.680 bits per heavy atom. The van der Waals surface area contributed by atoms with Crippen molar-refractivity contribution in [1.82, 2.24) is 17.9 Å². The molecule has 232 valence electrons. The lowest BCUT2D eigenvalue weighted by molar-refractivity contribution is 1.09. The molecule has 0 atom stereocenters. The van der Waals surface area contributed by atoms with Crippen LogP contribution >= 0.6 is 0 Å². The molecule has 0 N–H and O–H groups in total. The molecule has 4 heterocycles. The van der Waals surface area contributed by atoms with Crippen LogP contribution < -0.4 is 0 Å². The van der Waals surface area contributed by atoms with Crippen LogP contribution in [0.1, 0.15) is 0 Å². The van der Waals surface area contributed by atoms with Crippen molar-refractivity contribution < 1.29 is 0 Å². The summed E-state index contributed by atoms with van der Waals surface area (Å²) in [6.07, 6.45) is 0. The fourth-order valence-corrected chi connectivity index (χ4v) is 8.90. The largest absolute Gasteiger partial charge is 0.306 e. The number of aromatic nitrogens is 4. The molecular weight excluding hydrogens is 609 g/mol. The van der Waals surface area contributed by atoms with Crippen molar-refractivity contribution in [2.24, 2.45) is 0 Å². The van der Waals surface area contributed by atoms with Gasteiger partial charge in [-0.2, -0.15) is 0 Å². The maximum Gasteiger partial charge on any atom is 0.0725 e. The number of rotatable bonds is 2. The van der Waals surface area contributed by atoms with Gasteiger partial charge >= 0.3 is 0 Å². The molecule has 12 rings (SSSR count). The third kappa shape index (κ3) is 3.21. The molecule has 4 heteroatoms. The normalized spacial score (nSPS) is 12.4. The lowest BCUT2D eigenvalue weighted by Gasteiger charge is -2.22. The van der Waals surface area contributed by atoms with E-state index in [2.05, 4.69) is 188 Å². The standard InChI is InChI=1S/C46H28N4/c1-3-13-30(14-4-1)47-38-21-11-12-22-39(38)48(31-15-5-2-6-16-31)41-28-43-42(27-40(41)47)49-36-19-9-7-17-32(36)34-25-23-29-24-26-35-33-18-8-10-20-37(33)50(43)46(35)44(29)45(34)49/h1-28H. The van der Waals surface area contributed by atoms with Crippen molar-refractivity contribution in [3.63, 3.8) is 0 Å². The molecule has 0 fully saturated rings. The molecule has 4 nitrogen and oxygen atoms in total. The van der Waals surface area contributed by atoms with Crippen LogP contribution in [-0.2, 0) is 0 Å². The molecule has 0 saturated carbocycles. The van der Waals surface area contributed by atoms with Crippen molar-refractivity contribution >= 4 is 87.5 Å². The van der Waals surface area contributed by atoms with Crippen molar-refractivity contribution in [2.75, 3.05) is 0 Å². The average Bonchev–Trinajstić information content (AvgIpc) is 3.66. The van der Waals surface area contributed by atoms with E-state index in [0.29, 0.717) is 0 Å². The van der Waals surface area contributed by atoms with Gasteiger partial charge in [-0.3, -0.25) is 0 Å². The van der Waals surface area contributed by atoms with Crippen LogP contribution in [-0.4, -0.2) is 17.9 Å². The molecule has 0 aliphatic rings. The zero-order chi connectivity index (χ0) is 32.5. The van der Waals surface area contributed by atoms with Crippen LogP contribution in [0, 0.1) is 0 Å². The van der Waals surface area contributed by atoms with Crippen LogP contribution in [0.4, 0.5) is 0 Å². The van der Waals surface area contributed by atoms with Crippen LogP contribution in [0.25, 0.3) is 98.9 Å². The first-order valence-electron chi connectivity index (χ1n) is 17.2. The number of para-hydroxylation sites is 6. The lowest BCUT2D eigenvalue weighted by atomic mass is 10.0. The number of nitrogens with zero attached hydrogens (tertiary/aromatic N) is 4. The van der Waals surface area contributed by atoms with E-state index in [0.717, 1.165) is 44.5 Å². The van der Waals surface area contributed by atoms with Gasteiger partial charge in [-0.25, -0.2) is 0 Å². The Balaban J connectivity index is 1.47. The second-order valence-electron chi connectivity index (χ2n) is 13.4.